The highest BCUT2D eigenvalue weighted by atomic mass is 32.2. The smallest absolute Gasteiger partial charge is 0.305 e. The van der Waals surface area contributed by atoms with E-state index in [1.807, 2.05) is 0 Å². The van der Waals surface area contributed by atoms with Gasteiger partial charge in [-0.15, -0.1) is 0 Å². The van der Waals surface area contributed by atoms with Gasteiger partial charge in [-0.3, -0.25) is 4.79 Å². The van der Waals surface area contributed by atoms with E-state index in [2.05, 4.69) is 12.2 Å². The second-order valence-electron chi connectivity index (χ2n) is 2.72. The van der Waals surface area contributed by atoms with Crippen LogP contribution >= 0.6 is 12.2 Å². The van der Waals surface area contributed by atoms with Crippen molar-refractivity contribution in [1.29, 1.82) is 0 Å². The highest BCUT2D eigenvalue weighted by molar-refractivity contribution is 8.17. The number of carboxylic acids is 1. The third-order valence-electron chi connectivity index (χ3n) is 1.75. The highest BCUT2D eigenvalue weighted by Gasteiger charge is 2.31. The van der Waals surface area contributed by atoms with Crippen molar-refractivity contribution in [2.75, 3.05) is 18.8 Å². The van der Waals surface area contributed by atoms with Crippen molar-refractivity contribution in [3.8, 4) is 0 Å². The summed E-state index contributed by atoms with van der Waals surface area (Å²) in [5.41, 5.74) is 0. The first-order valence-corrected chi connectivity index (χ1v) is 5.73. The van der Waals surface area contributed by atoms with Crippen molar-refractivity contribution < 1.29 is 18.3 Å². The van der Waals surface area contributed by atoms with Crippen molar-refractivity contribution in [2.24, 2.45) is 0 Å². The molecule has 5 nitrogen and oxygen atoms in total. The number of hydrogen-bond donors (Lipinski definition) is 1. The Balaban J connectivity index is 2.57. The van der Waals surface area contributed by atoms with Crippen LogP contribution in [0.15, 0.2) is 0 Å². The van der Waals surface area contributed by atoms with E-state index in [0.717, 1.165) is 0 Å². The van der Waals surface area contributed by atoms with Gasteiger partial charge in [-0.25, -0.2) is 8.42 Å². The van der Waals surface area contributed by atoms with E-state index in [9.17, 15) is 13.2 Å². The molecule has 0 aliphatic carbocycles. The molecule has 0 unspecified atom stereocenters. The van der Waals surface area contributed by atoms with E-state index in [1.54, 1.807) is 0 Å². The lowest BCUT2D eigenvalue weighted by molar-refractivity contribution is -0.137. The van der Waals surface area contributed by atoms with Crippen LogP contribution < -0.4 is 0 Å². The van der Waals surface area contributed by atoms with Crippen molar-refractivity contribution in [3.05, 3.63) is 0 Å². The maximum Gasteiger partial charge on any atom is 0.305 e. The van der Waals surface area contributed by atoms with E-state index < -0.39 is 15.8 Å². The van der Waals surface area contributed by atoms with Crippen LogP contribution in [0, 0.1) is 0 Å². The van der Waals surface area contributed by atoms with Gasteiger partial charge in [0.05, 0.1) is 12.2 Å². The van der Waals surface area contributed by atoms with E-state index in [-0.39, 0.29) is 23.0 Å². The monoisotopic (exact) mass is 223 g/mol. The SMILES string of the molecule is O=C(O)CCN1CCS(=O)(=O)C1=S. The van der Waals surface area contributed by atoms with Gasteiger partial charge in [-0.05, 0) is 12.2 Å². The van der Waals surface area contributed by atoms with Crippen LogP contribution in [0.3, 0.4) is 0 Å². The number of carbonyl (C=O) groups is 1. The average molecular weight is 223 g/mol. The molecule has 0 aromatic rings. The van der Waals surface area contributed by atoms with Crippen LogP contribution in [0.4, 0.5) is 0 Å². The standard InChI is InChI=1S/C6H9NO4S2/c8-5(9)1-2-7-3-4-13(10,11)6(7)12/h1-4H2,(H,8,9). The maximum atomic E-state index is 11.1. The molecule has 0 atom stereocenters. The number of rotatable bonds is 3. The van der Waals surface area contributed by atoms with Gasteiger partial charge in [0.2, 0.25) is 9.84 Å². The molecule has 0 aromatic heterocycles. The Labute approximate surface area is 81.3 Å². The Hall–Kier alpha value is -0.690. The van der Waals surface area contributed by atoms with Gasteiger partial charge >= 0.3 is 5.97 Å². The van der Waals surface area contributed by atoms with Gasteiger partial charge in [0.1, 0.15) is 0 Å². The number of carboxylic acid groups (broad SMARTS) is 1. The molecule has 74 valence electrons. The van der Waals surface area contributed by atoms with E-state index in [1.165, 1.54) is 4.90 Å². The number of hydrogen-bond acceptors (Lipinski definition) is 4. The Morgan fingerprint density at radius 3 is 2.62 bits per heavy atom. The number of thiocarbonyl (C=S) groups is 1. The van der Waals surface area contributed by atoms with Crippen LogP contribution in [0.5, 0.6) is 0 Å². The summed E-state index contributed by atoms with van der Waals surface area (Å²) in [6, 6.07) is 0. The fourth-order valence-electron chi connectivity index (χ4n) is 1.04. The third-order valence-corrected chi connectivity index (χ3v) is 4.28. The summed E-state index contributed by atoms with van der Waals surface area (Å²) < 4.78 is 22.1. The molecule has 1 saturated heterocycles. The van der Waals surface area contributed by atoms with Gasteiger partial charge in [-0.1, -0.05) is 0 Å². The van der Waals surface area contributed by atoms with Crippen molar-refractivity contribution in [1.82, 2.24) is 4.90 Å². The number of sulfone groups is 1. The van der Waals surface area contributed by atoms with E-state index >= 15 is 0 Å². The van der Waals surface area contributed by atoms with Crippen molar-refractivity contribution in [2.45, 2.75) is 6.42 Å². The Bertz CT molecular complexity index is 335. The Kier molecular flexibility index (Phi) is 2.87. The molecule has 0 spiro atoms. The Morgan fingerprint density at radius 1 is 1.62 bits per heavy atom. The number of aliphatic carboxylic acids is 1. The summed E-state index contributed by atoms with van der Waals surface area (Å²) in [5.74, 6) is -0.946. The van der Waals surface area contributed by atoms with Gasteiger partial charge in [0.25, 0.3) is 0 Å². The molecule has 1 aliphatic heterocycles. The predicted molar refractivity (Wildman–Crippen MR) is 50.2 cm³/mol. The van der Waals surface area contributed by atoms with Crippen LogP contribution in [0.2, 0.25) is 0 Å². The quantitative estimate of drug-likeness (QED) is 0.649. The molecule has 1 fully saturated rings. The lowest BCUT2D eigenvalue weighted by Gasteiger charge is -2.13. The summed E-state index contributed by atoms with van der Waals surface area (Å²) in [4.78, 5) is 11.6. The van der Waals surface area contributed by atoms with E-state index in [4.69, 9.17) is 5.11 Å². The largest absolute Gasteiger partial charge is 0.481 e. The molecule has 1 aliphatic rings. The molecule has 0 amide bonds. The third kappa shape index (κ3) is 2.38. The summed E-state index contributed by atoms with van der Waals surface area (Å²) >= 11 is 4.67. The van der Waals surface area contributed by atoms with Crippen molar-refractivity contribution in [3.63, 3.8) is 0 Å². The molecule has 0 aromatic carbocycles. The zero-order valence-electron chi connectivity index (χ0n) is 6.76. The molecule has 0 radical (unpaired) electrons. The van der Waals surface area contributed by atoms with Crippen LogP contribution in [0.25, 0.3) is 0 Å². The molecular formula is C6H9NO4S2. The van der Waals surface area contributed by atoms with Gasteiger partial charge in [-0.2, -0.15) is 0 Å². The Morgan fingerprint density at radius 2 is 2.23 bits per heavy atom. The zero-order chi connectivity index (χ0) is 10.1. The molecular weight excluding hydrogens is 214 g/mol. The van der Waals surface area contributed by atoms with Crippen LogP contribution in [-0.2, 0) is 14.6 Å². The summed E-state index contributed by atoms with van der Waals surface area (Å²) in [6.07, 6.45) is -0.0876. The first-order chi connectivity index (χ1) is 5.93. The lowest BCUT2D eigenvalue weighted by atomic mass is 10.4. The van der Waals surface area contributed by atoms with E-state index in [0.29, 0.717) is 6.54 Å². The van der Waals surface area contributed by atoms with Gasteiger partial charge in [0.15, 0.2) is 4.32 Å². The molecule has 0 bridgehead atoms. The summed E-state index contributed by atoms with van der Waals surface area (Å²) in [7, 11) is -3.26. The zero-order valence-corrected chi connectivity index (χ0v) is 8.40. The highest BCUT2D eigenvalue weighted by Crippen LogP contribution is 2.11. The molecule has 1 heterocycles. The van der Waals surface area contributed by atoms with Gasteiger partial charge in [0, 0.05) is 13.1 Å². The fourth-order valence-corrected chi connectivity index (χ4v) is 2.68. The predicted octanol–water partition coefficient (Wildman–Crippen LogP) is -0.524. The fraction of sp³-hybridized carbons (Fsp3) is 0.667. The molecule has 1 N–H and O–H groups in total. The normalized spacial score (nSPS) is 20.6. The molecule has 7 heteroatoms. The second-order valence-corrected chi connectivity index (χ2v) is 5.39. The van der Waals surface area contributed by atoms with Crippen LogP contribution in [-0.4, -0.2) is 47.6 Å². The first-order valence-electron chi connectivity index (χ1n) is 3.67. The minimum Gasteiger partial charge on any atom is -0.481 e. The lowest BCUT2D eigenvalue weighted by Crippen LogP contribution is -2.28. The molecule has 1 rings (SSSR count). The van der Waals surface area contributed by atoms with Crippen molar-refractivity contribution >= 4 is 32.3 Å². The second kappa shape index (κ2) is 3.59. The maximum absolute atomic E-state index is 11.1. The molecule has 13 heavy (non-hydrogen) atoms. The first kappa shape index (κ1) is 10.4. The minimum atomic E-state index is -3.26. The van der Waals surface area contributed by atoms with Gasteiger partial charge < -0.3 is 10.0 Å². The summed E-state index contributed by atoms with van der Waals surface area (Å²) in [6.45, 7) is 0.488. The minimum absolute atomic E-state index is 0.00541. The molecule has 0 saturated carbocycles. The average Bonchev–Trinajstić information content (AvgIpc) is 2.25. The summed E-state index contributed by atoms with van der Waals surface area (Å²) in [5, 5.41) is 8.37. The van der Waals surface area contributed by atoms with Crippen LogP contribution in [0.1, 0.15) is 6.42 Å². The topological polar surface area (TPSA) is 74.7 Å². The number of nitrogens with zero attached hydrogens (tertiary/aromatic N) is 1.